The van der Waals surface area contributed by atoms with Gasteiger partial charge in [-0.2, -0.15) is 0 Å². The van der Waals surface area contributed by atoms with Gasteiger partial charge in [-0.05, 0) is 18.3 Å². The molecule has 0 nitrogen and oxygen atoms in total. The molecule has 0 rings (SSSR count). The van der Waals surface area contributed by atoms with Crippen LogP contribution in [-0.4, -0.2) is 0 Å². The monoisotopic (exact) mass is 254 g/mol. The molecule has 110 valence electrons. The van der Waals surface area contributed by atoms with Crippen molar-refractivity contribution in [2.45, 2.75) is 105 Å². The predicted molar refractivity (Wildman–Crippen MR) is 85.1 cm³/mol. The molecule has 0 aromatic heterocycles. The zero-order valence-corrected chi connectivity index (χ0v) is 13.6. The van der Waals surface area contributed by atoms with E-state index in [-0.39, 0.29) is 0 Å². The lowest BCUT2D eigenvalue weighted by Gasteiger charge is -2.19. The van der Waals surface area contributed by atoms with Crippen molar-refractivity contribution < 1.29 is 0 Å². The van der Waals surface area contributed by atoms with Crippen molar-refractivity contribution >= 4 is 0 Å². The van der Waals surface area contributed by atoms with Gasteiger partial charge in [0, 0.05) is 0 Å². The maximum atomic E-state index is 2.47. The Balaban J connectivity index is 3.55. The normalized spacial score (nSPS) is 14.7. The van der Waals surface area contributed by atoms with Gasteiger partial charge in [0.2, 0.25) is 0 Å². The van der Waals surface area contributed by atoms with Crippen LogP contribution in [0, 0.1) is 11.8 Å². The molecule has 0 spiro atoms. The fourth-order valence-electron chi connectivity index (χ4n) is 2.95. The third-order valence-corrected chi connectivity index (χ3v) is 4.33. The molecular weight excluding hydrogens is 216 g/mol. The Labute approximate surface area is 117 Å². The summed E-state index contributed by atoms with van der Waals surface area (Å²) in [4.78, 5) is 0. The van der Waals surface area contributed by atoms with Crippen molar-refractivity contribution in [2.24, 2.45) is 11.8 Å². The molecule has 0 saturated carbocycles. The van der Waals surface area contributed by atoms with E-state index in [1.807, 2.05) is 0 Å². The maximum Gasteiger partial charge on any atom is -0.0414 e. The van der Waals surface area contributed by atoms with Crippen LogP contribution in [0.4, 0.5) is 0 Å². The first kappa shape index (κ1) is 18.0. The molecule has 0 N–H and O–H groups in total. The van der Waals surface area contributed by atoms with E-state index < -0.39 is 0 Å². The fourth-order valence-corrected chi connectivity index (χ4v) is 2.95. The van der Waals surface area contributed by atoms with Crippen LogP contribution in [0.1, 0.15) is 105 Å². The molecular formula is C18H38. The second-order valence-corrected chi connectivity index (χ2v) is 6.31. The zero-order valence-electron chi connectivity index (χ0n) is 13.6. The molecule has 0 aliphatic rings. The lowest BCUT2D eigenvalue weighted by atomic mass is 9.87. The quantitative estimate of drug-likeness (QED) is 0.311. The van der Waals surface area contributed by atoms with Crippen molar-refractivity contribution in [3.05, 3.63) is 0 Å². The minimum atomic E-state index is 0.956. The second-order valence-electron chi connectivity index (χ2n) is 6.31. The molecule has 0 aromatic carbocycles. The molecule has 2 atom stereocenters. The molecule has 0 aliphatic carbocycles. The standard InChI is InChI=1S/C18H38/c1-5-8-10-12-14-17(4)16-18(7-3)15-13-11-9-6-2/h17-18H,5-16H2,1-4H3. The highest BCUT2D eigenvalue weighted by atomic mass is 14.2. The van der Waals surface area contributed by atoms with Gasteiger partial charge in [0.1, 0.15) is 0 Å². The van der Waals surface area contributed by atoms with Gasteiger partial charge < -0.3 is 0 Å². The van der Waals surface area contributed by atoms with Crippen LogP contribution in [0.3, 0.4) is 0 Å². The molecule has 0 aromatic rings. The average Bonchev–Trinajstić information content (AvgIpc) is 2.38. The fraction of sp³-hybridized carbons (Fsp3) is 1.00. The summed E-state index contributed by atoms with van der Waals surface area (Å²) in [5, 5.41) is 0. The van der Waals surface area contributed by atoms with Gasteiger partial charge in [-0.15, -0.1) is 0 Å². The van der Waals surface area contributed by atoms with E-state index >= 15 is 0 Å². The zero-order chi connectivity index (χ0) is 13.6. The highest BCUT2D eigenvalue weighted by Crippen LogP contribution is 2.25. The third kappa shape index (κ3) is 11.1. The summed E-state index contributed by atoms with van der Waals surface area (Å²) in [6.45, 7) is 9.46. The van der Waals surface area contributed by atoms with E-state index in [1.165, 1.54) is 77.0 Å². The van der Waals surface area contributed by atoms with Crippen LogP contribution in [0.25, 0.3) is 0 Å². The van der Waals surface area contributed by atoms with Crippen molar-refractivity contribution in [1.82, 2.24) is 0 Å². The summed E-state index contributed by atoms with van der Waals surface area (Å²) < 4.78 is 0. The second kappa shape index (κ2) is 13.4. The van der Waals surface area contributed by atoms with Crippen LogP contribution < -0.4 is 0 Å². The van der Waals surface area contributed by atoms with E-state index in [2.05, 4.69) is 27.7 Å². The van der Waals surface area contributed by atoms with Crippen molar-refractivity contribution in [3.8, 4) is 0 Å². The number of unbranched alkanes of at least 4 members (excludes halogenated alkanes) is 6. The SMILES string of the molecule is CCCCCCC(C)CC(CC)CCCCCC. The molecule has 0 radical (unpaired) electrons. The Bertz CT molecular complexity index is 150. The van der Waals surface area contributed by atoms with Crippen LogP contribution in [0.15, 0.2) is 0 Å². The Morgan fingerprint density at radius 1 is 0.667 bits per heavy atom. The highest BCUT2D eigenvalue weighted by Gasteiger charge is 2.11. The first-order chi connectivity index (χ1) is 8.74. The molecule has 0 saturated heterocycles. The van der Waals surface area contributed by atoms with E-state index in [4.69, 9.17) is 0 Å². The molecule has 0 aliphatic heterocycles. The third-order valence-electron chi connectivity index (χ3n) is 4.33. The summed E-state index contributed by atoms with van der Waals surface area (Å²) in [5.41, 5.74) is 0. The topological polar surface area (TPSA) is 0 Å². The summed E-state index contributed by atoms with van der Waals surface area (Å²) in [7, 11) is 0. The minimum Gasteiger partial charge on any atom is -0.0654 e. The van der Waals surface area contributed by atoms with E-state index in [0.717, 1.165) is 11.8 Å². The Kier molecular flexibility index (Phi) is 13.4. The van der Waals surface area contributed by atoms with Gasteiger partial charge >= 0.3 is 0 Å². The van der Waals surface area contributed by atoms with Crippen LogP contribution >= 0.6 is 0 Å². The van der Waals surface area contributed by atoms with Gasteiger partial charge in [-0.3, -0.25) is 0 Å². The van der Waals surface area contributed by atoms with Crippen molar-refractivity contribution in [3.63, 3.8) is 0 Å². The van der Waals surface area contributed by atoms with E-state index in [0.29, 0.717) is 0 Å². The van der Waals surface area contributed by atoms with Crippen LogP contribution in [0.2, 0.25) is 0 Å². The van der Waals surface area contributed by atoms with Crippen molar-refractivity contribution in [1.29, 1.82) is 0 Å². The van der Waals surface area contributed by atoms with Crippen LogP contribution in [-0.2, 0) is 0 Å². The van der Waals surface area contributed by atoms with Gasteiger partial charge in [0.25, 0.3) is 0 Å². The first-order valence-corrected chi connectivity index (χ1v) is 8.74. The highest BCUT2D eigenvalue weighted by molar-refractivity contribution is 4.63. The van der Waals surface area contributed by atoms with Gasteiger partial charge in [0.05, 0.1) is 0 Å². The van der Waals surface area contributed by atoms with E-state index in [9.17, 15) is 0 Å². The number of hydrogen-bond donors (Lipinski definition) is 0. The smallest absolute Gasteiger partial charge is 0.0414 e. The Hall–Kier alpha value is 0. The molecule has 0 fully saturated rings. The Morgan fingerprint density at radius 3 is 1.72 bits per heavy atom. The van der Waals surface area contributed by atoms with Gasteiger partial charge in [-0.25, -0.2) is 0 Å². The minimum absolute atomic E-state index is 0.956. The Morgan fingerprint density at radius 2 is 1.22 bits per heavy atom. The van der Waals surface area contributed by atoms with Gasteiger partial charge in [-0.1, -0.05) is 98.3 Å². The largest absolute Gasteiger partial charge is 0.0654 e. The van der Waals surface area contributed by atoms with E-state index in [1.54, 1.807) is 0 Å². The molecule has 0 bridgehead atoms. The molecule has 2 unspecified atom stereocenters. The lowest BCUT2D eigenvalue weighted by Crippen LogP contribution is -2.06. The lowest BCUT2D eigenvalue weighted by molar-refractivity contribution is 0.330. The molecule has 18 heavy (non-hydrogen) atoms. The molecule has 0 heteroatoms. The first-order valence-electron chi connectivity index (χ1n) is 8.74. The van der Waals surface area contributed by atoms with Crippen LogP contribution in [0.5, 0.6) is 0 Å². The van der Waals surface area contributed by atoms with Gasteiger partial charge in [0.15, 0.2) is 0 Å². The molecule has 0 amide bonds. The average molecular weight is 255 g/mol. The summed E-state index contributed by atoms with van der Waals surface area (Å²) in [6, 6.07) is 0. The predicted octanol–water partition coefficient (Wildman–Crippen LogP) is 6.98. The molecule has 0 heterocycles. The maximum absolute atomic E-state index is 2.47. The summed E-state index contributed by atoms with van der Waals surface area (Å²) in [5.74, 6) is 1.96. The number of hydrogen-bond acceptors (Lipinski definition) is 0. The number of rotatable bonds is 13. The van der Waals surface area contributed by atoms with Crippen molar-refractivity contribution in [2.75, 3.05) is 0 Å². The summed E-state index contributed by atoms with van der Waals surface area (Å²) in [6.07, 6.45) is 17.3. The summed E-state index contributed by atoms with van der Waals surface area (Å²) >= 11 is 0.